The van der Waals surface area contributed by atoms with Gasteiger partial charge in [0.25, 0.3) is 0 Å². The Morgan fingerprint density at radius 1 is 1.38 bits per heavy atom. The summed E-state index contributed by atoms with van der Waals surface area (Å²) in [5.41, 5.74) is 8.10. The van der Waals surface area contributed by atoms with E-state index in [9.17, 15) is 0 Å². The lowest BCUT2D eigenvalue weighted by atomic mass is 10.3. The maximum atomic E-state index is 5.61. The molecule has 0 atom stereocenters. The van der Waals surface area contributed by atoms with E-state index in [1.165, 1.54) is 0 Å². The van der Waals surface area contributed by atoms with Crippen molar-refractivity contribution in [1.29, 1.82) is 0 Å². The zero-order valence-corrected chi connectivity index (χ0v) is 9.90. The van der Waals surface area contributed by atoms with E-state index in [-0.39, 0.29) is 5.95 Å². The number of hydrazine groups is 1. The molecule has 1 rings (SSSR count). The van der Waals surface area contributed by atoms with Crippen molar-refractivity contribution < 1.29 is 0 Å². The Hall–Kier alpha value is -1.56. The fourth-order valence-corrected chi connectivity index (χ4v) is 1.47. The molecule has 0 amide bonds. The summed E-state index contributed by atoms with van der Waals surface area (Å²) in [6.07, 6.45) is 2.28. The SMILES string of the molecule is CCCCN(CC)c1cc(NN)nc(N)n1. The summed E-state index contributed by atoms with van der Waals surface area (Å²) in [5.74, 6) is 6.91. The molecular formula is C10H20N6. The van der Waals surface area contributed by atoms with Crippen LogP contribution in [0.15, 0.2) is 6.07 Å². The van der Waals surface area contributed by atoms with Crippen molar-refractivity contribution in [2.75, 3.05) is 29.1 Å². The van der Waals surface area contributed by atoms with Crippen molar-refractivity contribution in [3.05, 3.63) is 6.07 Å². The molecule has 0 saturated heterocycles. The number of hydrogen-bond acceptors (Lipinski definition) is 6. The van der Waals surface area contributed by atoms with Crippen molar-refractivity contribution in [2.45, 2.75) is 26.7 Å². The van der Waals surface area contributed by atoms with Gasteiger partial charge in [0.1, 0.15) is 11.6 Å². The van der Waals surface area contributed by atoms with Crippen molar-refractivity contribution >= 4 is 17.6 Å². The highest BCUT2D eigenvalue weighted by molar-refractivity contribution is 5.51. The second kappa shape index (κ2) is 6.12. The largest absolute Gasteiger partial charge is 0.368 e. The first-order valence-electron chi connectivity index (χ1n) is 5.57. The summed E-state index contributed by atoms with van der Waals surface area (Å²) in [6.45, 7) is 6.10. The topological polar surface area (TPSA) is 93.1 Å². The van der Waals surface area contributed by atoms with Crippen LogP contribution in [0.5, 0.6) is 0 Å². The van der Waals surface area contributed by atoms with Crippen LogP contribution in [0.3, 0.4) is 0 Å². The third kappa shape index (κ3) is 3.23. The van der Waals surface area contributed by atoms with Crippen LogP contribution in [-0.4, -0.2) is 23.1 Å². The van der Waals surface area contributed by atoms with E-state index < -0.39 is 0 Å². The van der Waals surface area contributed by atoms with Crippen molar-refractivity contribution in [1.82, 2.24) is 9.97 Å². The standard InChI is InChI=1S/C10H20N6/c1-3-5-6-16(4-2)9-7-8(15-12)13-10(11)14-9/h7H,3-6,12H2,1-2H3,(H3,11,13,14,15). The molecule has 0 fully saturated rings. The quantitative estimate of drug-likeness (QED) is 0.492. The minimum atomic E-state index is 0.236. The second-order valence-electron chi connectivity index (χ2n) is 3.55. The molecule has 1 aromatic rings. The Morgan fingerprint density at radius 3 is 2.69 bits per heavy atom. The number of nitrogens with zero attached hydrogens (tertiary/aromatic N) is 3. The molecule has 6 nitrogen and oxygen atoms in total. The molecule has 1 aromatic heterocycles. The first-order valence-corrected chi connectivity index (χ1v) is 5.57. The molecule has 0 aromatic carbocycles. The number of nitrogens with one attached hydrogen (secondary N) is 1. The third-order valence-corrected chi connectivity index (χ3v) is 2.37. The minimum absolute atomic E-state index is 0.236. The van der Waals surface area contributed by atoms with E-state index in [4.69, 9.17) is 11.6 Å². The molecule has 1 heterocycles. The highest BCUT2D eigenvalue weighted by Crippen LogP contribution is 2.16. The maximum Gasteiger partial charge on any atom is 0.223 e. The molecule has 0 radical (unpaired) electrons. The molecule has 0 aliphatic heterocycles. The van der Waals surface area contributed by atoms with Crippen LogP contribution in [0.25, 0.3) is 0 Å². The first kappa shape index (κ1) is 12.5. The Kier molecular flexibility index (Phi) is 4.78. The van der Waals surface area contributed by atoms with Crippen LogP contribution < -0.4 is 21.9 Å². The van der Waals surface area contributed by atoms with Gasteiger partial charge in [-0.05, 0) is 13.3 Å². The Bertz CT molecular complexity index is 327. The zero-order chi connectivity index (χ0) is 12.0. The van der Waals surface area contributed by atoms with E-state index in [0.717, 1.165) is 31.7 Å². The lowest BCUT2D eigenvalue weighted by Gasteiger charge is -2.22. The van der Waals surface area contributed by atoms with E-state index >= 15 is 0 Å². The Labute approximate surface area is 96.0 Å². The van der Waals surface area contributed by atoms with Crippen LogP contribution >= 0.6 is 0 Å². The van der Waals surface area contributed by atoms with Gasteiger partial charge in [-0.1, -0.05) is 13.3 Å². The van der Waals surface area contributed by atoms with Crippen molar-refractivity contribution in [3.8, 4) is 0 Å². The van der Waals surface area contributed by atoms with Crippen LogP contribution in [0.2, 0.25) is 0 Å². The Morgan fingerprint density at radius 2 is 2.12 bits per heavy atom. The van der Waals surface area contributed by atoms with Gasteiger partial charge < -0.3 is 16.1 Å². The van der Waals surface area contributed by atoms with E-state index in [1.807, 2.05) is 0 Å². The molecule has 90 valence electrons. The molecular weight excluding hydrogens is 204 g/mol. The van der Waals surface area contributed by atoms with Gasteiger partial charge >= 0.3 is 0 Å². The smallest absolute Gasteiger partial charge is 0.223 e. The molecule has 0 aliphatic rings. The number of nitrogens with two attached hydrogens (primary N) is 2. The molecule has 5 N–H and O–H groups in total. The summed E-state index contributed by atoms with van der Waals surface area (Å²) in [7, 11) is 0. The van der Waals surface area contributed by atoms with Gasteiger partial charge in [-0.15, -0.1) is 0 Å². The third-order valence-electron chi connectivity index (χ3n) is 2.37. The zero-order valence-electron chi connectivity index (χ0n) is 9.90. The minimum Gasteiger partial charge on any atom is -0.368 e. The molecule has 6 heteroatoms. The Balaban J connectivity index is 2.86. The lowest BCUT2D eigenvalue weighted by molar-refractivity contribution is 0.723. The first-order chi connectivity index (χ1) is 7.71. The summed E-state index contributed by atoms with van der Waals surface area (Å²) in [4.78, 5) is 10.3. The fourth-order valence-electron chi connectivity index (χ4n) is 1.47. The van der Waals surface area contributed by atoms with Gasteiger partial charge in [0.2, 0.25) is 5.95 Å². The van der Waals surface area contributed by atoms with Gasteiger partial charge in [0.05, 0.1) is 0 Å². The monoisotopic (exact) mass is 224 g/mol. The molecule has 0 aliphatic carbocycles. The van der Waals surface area contributed by atoms with Gasteiger partial charge in [-0.25, -0.2) is 5.84 Å². The average Bonchev–Trinajstić information content (AvgIpc) is 2.29. The number of nitrogen functional groups attached to an aromatic ring is 2. The summed E-state index contributed by atoms with van der Waals surface area (Å²) >= 11 is 0. The normalized spacial score (nSPS) is 10.2. The van der Waals surface area contributed by atoms with Crippen molar-refractivity contribution in [3.63, 3.8) is 0 Å². The average molecular weight is 224 g/mol. The summed E-state index contributed by atoms with van der Waals surface area (Å²) in [5, 5.41) is 0. The predicted molar refractivity (Wildman–Crippen MR) is 67.0 cm³/mol. The van der Waals surface area contributed by atoms with Crippen molar-refractivity contribution in [2.24, 2.45) is 5.84 Å². The van der Waals surface area contributed by atoms with Gasteiger partial charge in [0, 0.05) is 19.2 Å². The van der Waals surface area contributed by atoms with E-state index in [1.54, 1.807) is 6.07 Å². The maximum absolute atomic E-state index is 5.61. The number of rotatable bonds is 6. The van der Waals surface area contributed by atoms with Crippen LogP contribution in [0, 0.1) is 0 Å². The van der Waals surface area contributed by atoms with Gasteiger partial charge in [-0.2, -0.15) is 9.97 Å². The number of anilines is 3. The molecule has 0 spiro atoms. The fraction of sp³-hybridized carbons (Fsp3) is 0.600. The summed E-state index contributed by atoms with van der Waals surface area (Å²) in [6, 6.07) is 1.80. The highest BCUT2D eigenvalue weighted by atomic mass is 15.3. The number of unbranched alkanes of at least 4 members (excludes halogenated alkanes) is 1. The number of aromatic nitrogens is 2. The van der Waals surface area contributed by atoms with E-state index in [0.29, 0.717) is 5.82 Å². The molecule has 0 unspecified atom stereocenters. The van der Waals surface area contributed by atoms with Crippen LogP contribution in [0.1, 0.15) is 26.7 Å². The lowest BCUT2D eigenvalue weighted by Crippen LogP contribution is -2.25. The van der Waals surface area contributed by atoms with Crippen LogP contribution in [0.4, 0.5) is 17.6 Å². The van der Waals surface area contributed by atoms with Gasteiger partial charge in [0.15, 0.2) is 0 Å². The van der Waals surface area contributed by atoms with E-state index in [2.05, 4.69) is 34.1 Å². The predicted octanol–water partition coefficient (Wildman–Crippen LogP) is 0.971. The molecule has 0 bridgehead atoms. The number of hydrogen-bond donors (Lipinski definition) is 3. The molecule has 16 heavy (non-hydrogen) atoms. The van der Waals surface area contributed by atoms with Gasteiger partial charge in [-0.3, -0.25) is 0 Å². The summed E-state index contributed by atoms with van der Waals surface area (Å²) < 4.78 is 0. The molecule has 0 saturated carbocycles. The second-order valence-corrected chi connectivity index (χ2v) is 3.55. The highest BCUT2D eigenvalue weighted by Gasteiger charge is 2.08. The van der Waals surface area contributed by atoms with Crippen LogP contribution in [-0.2, 0) is 0 Å².